The highest BCUT2D eigenvalue weighted by Crippen LogP contribution is 2.14. The molecule has 1 N–H and O–H groups in total. The topological polar surface area (TPSA) is 32.3 Å². The van der Waals surface area contributed by atoms with E-state index < -0.39 is 0 Å². The molecule has 0 aliphatic rings. The Balaban J connectivity index is 2.57. The molecule has 0 spiro atoms. The van der Waals surface area contributed by atoms with Gasteiger partial charge < -0.3 is 10.2 Å². The molecule has 1 rings (SSSR count). The fraction of sp³-hybridized carbons (Fsp3) is 0.462. The van der Waals surface area contributed by atoms with Crippen molar-refractivity contribution in [3.63, 3.8) is 0 Å². The summed E-state index contributed by atoms with van der Waals surface area (Å²) in [7, 11) is 0. The molecule has 3 heteroatoms. The molecule has 0 saturated carbocycles. The zero-order chi connectivity index (χ0) is 12.0. The molecule has 0 aliphatic heterocycles. The van der Waals surface area contributed by atoms with Crippen LogP contribution in [0.25, 0.3) is 0 Å². The zero-order valence-corrected chi connectivity index (χ0v) is 10.3. The second-order valence-electron chi connectivity index (χ2n) is 3.90. The Morgan fingerprint density at radius 3 is 2.75 bits per heavy atom. The van der Waals surface area contributed by atoms with E-state index in [1.807, 2.05) is 0 Å². The quantitative estimate of drug-likeness (QED) is 0.822. The highest BCUT2D eigenvalue weighted by atomic mass is 16.1. The van der Waals surface area contributed by atoms with Crippen molar-refractivity contribution in [1.29, 1.82) is 0 Å². The molecular weight excluding hydrogens is 200 g/mol. The number of rotatable bonds is 5. The molecule has 3 nitrogen and oxygen atoms in total. The van der Waals surface area contributed by atoms with Gasteiger partial charge in [0.15, 0.2) is 0 Å². The first-order valence-corrected chi connectivity index (χ1v) is 5.69. The zero-order valence-electron chi connectivity index (χ0n) is 10.3. The van der Waals surface area contributed by atoms with Gasteiger partial charge in [0.25, 0.3) is 0 Å². The summed E-state index contributed by atoms with van der Waals surface area (Å²) in [5.74, 6) is 0.0281. The lowest BCUT2D eigenvalue weighted by Crippen LogP contribution is -2.33. The summed E-state index contributed by atoms with van der Waals surface area (Å²) in [6.07, 6.45) is 0. The highest BCUT2D eigenvalue weighted by Gasteiger charge is 2.03. The smallest absolute Gasteiger partial charge is 0.216 e. The molecule has 0 aromatic heterocycles. The van der Waals surface area contributed by atoms with Crippen molar-refractivity contribution in [2.75, 3.05) is 24.5 Å². The van der Waals surface area contributed by atoms with Gasteiger partial charge in [0.05, 0.1) is 0 Å². The molecule has 0 radical (unpaired) electrons. The van der Waals surface area contributed by atoms with E-state index in [0.717, 1.165) is 13.1 Å². The van der Waals surface area contributed by atoms with Crippen LogP contribution in [0.2, 0.25) is 0 Å². The number of hydrogen-bond acceptors (Lipinski definition) is 2. The first-order chi connectivity index (χ1) is 7.63. The maximum atomic E-state index is 10.8. The average molecular weight is 220 g/mol. The van der Waals surface area contributed by atoms with Crippen molar-refractivity contribution < 1.29 is 4.79 Å². The van der Waals surface area contributed by atoms with E-state index in [4.69, 9.17) is 0 Å². The number of carbonyl (C=O) groups is 1. The van der Waals surface area contributed by atoms with Crippen molar-refractivity contribution in [1.82, 2.24) is 5.32 Å². The Morgan fingerprint density at radius 1 is 1.44 bits per heavy atom. The number of carbonyl (C=O) groups excluding carboxylic acids is 1. The van der Waals surface area contributed by atoms with Crippen LogP contribution >= 0.6 is 0 Å². The second kappa shape index (κ2) is 6.16. The van der Waals surface area contributed by atoms with E-state index in [0.29, 0.717) is 6.54 Å². The van der Waals surface area contributed by atoms with Gasteiger partial charge in [-0.25, -0.2) is 0 Å². The molecule has 0 atom stereocenters. The van der Waals surface area contributed by atoms with Gasteiger partial charge in [0.1, 0.15) is 0 Å². The lowest BCUT2D eigenvalue weighted by molar-refractivity contribution is -0.118. The standard InChI is InChI=1S/C13H20N2O/c1-4-15(9-8-14-12(3)16)13-7-5-6-11(2)10-13/h5-7,10H,4,8-9H2,1-3H3,(H,14,16). The molecule has 0 bridgehead atoms. The van der Waals surface area contributed by atoms with E-state index >= 15 is 0 Å². The van der Waals surface area contributed by atoms with Crippen molar-refractivity contribution in [3.05, 3.63) is 29.8 Å². The van der Waals surface area contributed by atoms with Gasteiger partial charge in [-0.2, -0.15) is 0 Å². The lowest BCUT2D eigenvalue weighted by atomic mass is 10.2. The number of benzene rings is 1. The van der Waals surface area contributed by atoms with Crippen molar-refractivity contribution in [2.24, 2.45) is 0 Å². The Labute approximate surface area is 97.5 Å². The third-order valence-corrected chi connectivity index (χ3v) is 2.50. The summed E-state index contributed by atoms with van der Waals surface area (Å²) in [5, 5.41) is 2.81. The maximum Gasteiger partial charge on any atom is 0.216 e. The molecule has 16 heavy (non-hydrogen) atoms. The Hall–Kier alpha value is -1.51. The third kappa shape index (κ3) is 3.93. The molecule has 0 heterocycles. The number of likely N-dealkylation sites (N-methyl/N-ethyl adjacent to an activating group) is 1. The van der Waals surface area contributed by atoms with Gasteiger partial charge in [-0.05, 0) is 31.5 Å². The molecule has 0 fully saturated rings. The predicted molar refractivity (Wildman–Crippen MR) is 67.7 cm³/mol. The maximum absolute atomic E-state index is 10.8. The van der Waals surface area contributed by atoms with Gasteiger partial charge in [0, 0.05) is 32.2 Å². The van der Waals surface area contributed by atoms with E-state index in [9.17, 15) is 4.79 Å². The second-order valence-corrected chi connectivity index (χ2v) is 3.90. The molecule has 88 valence electrons. The SMILES string of the molecule is CCN(CCNC(C)=O)c1cccc(C)c1. The summed E-state index contributed by atoms with van der Waals surface area (Å²) in [6, 6.07) is 8.42. The van der Waals surface area contributed by atoms with Crippen molar-refractivity contribution >= 4 is 11.6 Å². The van der Waals surface area contributed by atoms with Crippen LogP contribution in [-0.2, 0) is 4.79 Å². The number of nitrogens with one attached hydrogen (secondary N) is 1. The summed E-state index contributed by atoms with van der Waals surface area (Å²) in [6.45, 7) is 8.24. The van der Waals surface area contributed by atoms with E-state index in [2.05, 4.69) is 48.3 Å². The number of amides is 1. The van der Waals surface area contributed by atoms with Crippen LogP contribution in [0.4, 0.5) is 5.69 Å². The van der Waals surface area contributed by atoms with Crippen LogP contribution in [-0.4, -0.2) is 25.5 Å². The minimum absolute atomic E-state index is 0.0281. The van der Waals surface area contributed by atoms with E-state index in [-0.39, 0.29) is 5.91 Å². The van der Waals surface area contributed by atoms with Crippen LogP contribution in [0.5, 0.6) is 0 Å². The van der Waals surface area contributed by atoms with Gasteiger partial charge in [-0.1, -0.05) is 12.1 Å². The number of aryl methyl sites for hydroxylation is 1. The molecule has 0 saturated heterocycles. The largest absolute Gasteiger partial charge is 0.370 e. The summed E-state index contributed by atoms with van der Waals surface area (Å²) >= 11 is 0. The minimum atomic E-state index is 0.0281. The summed E-state index contributed by atoms with van der Waals surface area (Å²) in [5.41, 5.74) is 2.48. The molecule has 1 aromatic rings. The molecule has 0 aliphatic carbocycles. The average Bonchev–Trinajstić information content (AvgIpc) is 2.24. The third-order valence-electron chi connectivity index (χ3n) is 2.50. The van der Waals surface area contributed by atoms with Crippen LogP contribution in [0.3, 0.4) is 0 Å². The Bertz CT molecular complexity index is 350. The van der Waals surface area contributed by atoms with Crippen LogP contribution in [0, 0.1) is 6.92 Å². The first kappa shape index (κ1) is 12.6. The number of anilines is 1. The fourth-order valence-corrected chi connectivity index (χ4v) is 1.66. The molecule has 1 aromatic carbocycles. The number of nitrogens with zero attached hydrogens (tertiary/aromatic N) is 1. The fourth-order valence-electron chi connectivity index (χ4n) is 1.66. The van der Waals surface area contributed by atoms with E-state index in [1.54, 1.807) is 6.92 Å². The van der Waals surface area contributed by atoms with Gasteiger partial charge in [0.2, 0.25) is 5.91 Å². The van der Waals surface area contributed by atoms with Gasteiger partial charge in [-0.3, -0.25) is 4.79 Å². The monoisotopic (exact) mass is 220 g/mol. The number of hydrogen-bond donors (Lipinski definition) is 1. The Kier molecular flexibility index (Phi) is 4.83. The minimum Gasteiger partial charge on any atom is -0.370 e. The van der Waals surface area contributed by atoms with Crippen molar-refractivity contribution in [3.8, 4) is 0 Å². The van der Waals surface area contributed by atoms with Crippen molar-refractivity contribution in [2.45, 2.75) is 20.8 Å². The van der Waals surface area contributed by atoms with Crippen LogP contribution < -0.4 is 10.2 Å². The summed E-state index contributed by atoms with van der Waals surface area (Å²) < 4.78 is 0. The van der Waals surface area contributed by atoms with Crippen LogP contribution in [0.15, 0.2) is 24.3 Å². The molecular formula is C13H20N2O. The normalized spacial score (nSPS) is 9.94. The van der Waals surface area contributed by atoms with E-state index in [1.165, 1.54) is 11.3 Å². The Morgan fingerprint density at radius 2 is 2.19 bits per heavy atom. The first-order valence-electron chi connectivity index (χ1n) is 5.69. The molecule has 1 amide bonds. The van der Waals surface area contributed by atoms with Gasteiger partial charge in [-0.15, -0.1) is 0 Å². The molecule has 0 unspecified atom stereocenters. The highest BCUT2D eigenvalue weighted by molar-refractivity contribution is 5.72. The lowest BCUT2D eigenvalue weighted by Gasteiger charge is -2.23. The van der Waals surface area contributed by atoms with Gasteiger partial charge >= 0.3 is 0 Å². The van der Waals surface area contributed by atoms with Crippen LogP contribution in [0.1, 0.15) is 19.4 Å². The summed E-state index contributed by atoms with van der Waals surface area (Å²) in [4.78, 5) is 13.0. The predicted octanol–water partition coefficient (Wildman–Crippen LogP) is 1.96.